The zero-order valence-electron chi connectivity index (χ0n) is 28.6. The van der Waals surface area contributed by atoms with Crippen molar-refractivity contribution in [2.24, 2.45) is 0 Å². The molecule has 3 aromatic carbocycles. The molecule has 2 unspecified atom stereocenters. The minimum Gasteiger partial charge on any atom is -0.493 e. The highest BCUT2D eigenvalue weighted by Crippen LogP contribution is 2.30. The Morgan fingerprint density at radius 1 is 0.604 bits per heavy atom. The van der Waals surface area contributed by atoms with Crippen LogP contribution in [0.5, 0.6) is 17.2 Å². The SMILES string of the molecule is O=C(OCCCCCCCCCCCCOc1ccccc1-c1ccccc1)c1cc(OC2CCCCO2)cc(OC2CCCCO2)c1. The highest BCUT2D eigenvalue weighted by molar-refractivity contribution is 5.90. The molecule has 2 saturated heterocycles. The van der Waals surface area contributed by atoms with Crippen molar-refractivity contribution in [1.29, 1.82) is 0 Å². The van der Waals surface area contributed by atoms with E-state index in [9.17, 15) is 4.79 Å². The summed E-state index contributed by atoms with van der Waals surface area (Å²) in [5, 5.41) is 0. The fourth-order valence-corrected chi connectivity index (χ4v) is 6.23. The molecule has 0 N–H and O–H groups in total. The molecule has 7 nitrogen and oxygen atoms in total. The molecule has 0 amide bonds. The molecule has 5 rings (SSSR count). The van der Waals surface area contributed by atoms with Crippen LogP contribution in [0, 0.1) is 0 Å². The van der Waals surface area contributed by atoms with E-state index in [0.717, 1.165) is 82.1 Å². The largest absolute Gasteiger partial charge is 0.493 e. The van der Waals surface area contributed by atoms with Gasteiger partial charge in [-0.15, -0.1) is 0 Å². The fraction of sp³-hybridized carbons (Fsp3) is 0.537. The van der Waals surface area contributed by atoms with Crippen LogP contribution in [0.3, 0.4) is 0 Å². The normalized spacial score (nSPS) is 17.8. The molecule has 0 saturated carbocycles. The average molecular weight is 659 g/mol. The molecule has 7 heteroatoms. The van der Waals surface area contributed by atoms with Gasteiger partial charge in [0.1, 0.15) is 17.2 Å². The van der Waals surface area contributed by atoms with Crippen molar-refractivity contribution in [2.45, 2.75) is 115 Å². The molecule has 2 aliphatic heterocycles. The maximum atomic E-state index is 13.0. The molecule has 2 aliphatic rings. The first-order valence-corrected chi connectivity index (χ1v) is 18.4. The third-order valence-electron chi connectivity index (χ3n) is 8.93. The summed E-state index contributed by atoms with van der Waals surface area (Å²) in [6.45, 7) is 2.55. The lowest BCUT2D eigenvalue weighted by atomic mass is 10.0. The van der Waals surface area contributed by atoms with Crippen LogP contribution in [-0.4, -0.2) is 45.0 Å². The molecular formula is C41H54O7. The molecular weight excluding hydrogens is 604 g/mol. The number of carbonyl (C=O) groups excluding carboxylic acids is 1. The summed E-state index contributed by atoms with van der Waals surface area (Å²) in [6.07, 6.45) is 16.9. The Kier molecular flexibility index (Phi) is 15.4. The van der Waals surface area contributed by atoms with Gasteiger partial charge < -0.3 is 28.4 Å². The summed E-state index contributed by atoms with van der Waals surface area (Å²) in [5.41, 5.74) is 2.77. The number of carbonyl (C=O) groups is 1. The predicted octanol–water partition coefficient (Wildman–Crippen LogP) is 10.3. The van der Waals surface area contributed by atoms with E-state index in [1.807, 2.05) is 18.2 Å². The Morgan fingerprint density at radius 3 is 1.73 bits per heavy atom. The quantitative estimate of drug-likeness (QED) is 0.0883. The second kappa shape index (κ2) is 20.7. The van der Waals surface area contributed by atoms with E-state index < -0.39 is 0 Å². The van der Waals surface area contributed by atoms with Crippen molar-refractivity contribution in [1.82, 2.24) is 0 Å². The summed E-state index contributed by atoms with van der Waals surface area (Å²) < 4.78 is 35.4. The van der Waals surface area contributed by atoms with Gasteiger partial charge in [0, 0.05) is 24.5 Å². The first-order chi connectivity index (χ1) is 23.7. The minimum absolute atomic E-state index is 0.308. The zero-order valence-corrected chi connectivity index (χ0v) is 28.6. The fourth-order valence-electron chi connectivity index (χ4n) is 6.23. The Morgan fingerprint density at radius 2 is 1.15 bits per heavy atom. The third-order valence-corrected chi connectivity index (χ3v) is 8.93. The van der Waals surface area contributed by atoms with Crippen molar-refractivity contribution in [3.8, 4) is 28.4 Å². The van der Waals surface area contributed by atoms with E-state index in [1.54, 1.807) is 12.1 Å². The Hall–Kier alpha value is -3.55. The lowest BCUT2D eigenvalue weighted by molar-refractivity contribution is -0.109. The number of benzene rings is 3. The van der Waals surface area contributed by atoms with Crippen molar-refractivity contribution < 1.29 is 33.2 Å². The zero-order chi connectivity index (χ0) is 33.1. The predicted molar refractivity (Wildman–Crippen MR) is 189 cm³/mol. The van der Waals surface area contributed by atoms with E-state index in [4.69, 9.17) is 28.4 Å². The van der Waals surface area contributed by atoms with E-state index in [1.165, 1.54) is 44.1 Å². The van der Waals surface area contributed by atoms with E-state index in [2.05, 4.69) is 42.5 Å². The van der Waals surface area contributed by atoms with Crippen LogP contribution < -0.4 is 14.2 Å². The summed E-state index contributed by atoms with van der Waals surface area (Å²) in [7, 11) is 0. The first-order valence-electron chi connectivity index (χ1n) is 18.4. The number of para-hydroxylation sites is 1. The van der Waals surface area contributed by atoms with Gasteiger partial charge in [-0.2, -0.15) is 0 Å². The lowest BCUT2D eigenvalue weighted by Crippen LogP contribution is -2.26. The monoisotopic (exact) mass is 658 g/mol. The molecule has 0 aliphatic carbocycles. The van der Waals surface area contributed by atoms with Gasteiger partial charge in [0.15, 0.2) is 12.6 Å². The van der Waals surface area contributed by atoms with Crippen LogP contribution in [0.4, 0.5) is 0 Å². The molecule has 260 valence electrons. The van der Waals surface area contributed by atoms with Crippen molar-refractivity contribution in [3.05, 3.63) is 78.4 Å². The molecule has 2 heterocycles. The summed E-state index contributed by atoms with van der Waals surface area (Å²) in [6, 6.07) is 24.0. The van der Waals surface area contributed by atoms with Crippen LogP contribution in [0.15, 0.2) is 72.8 Å². The Labute approximate surface area is 287 Å². The number of esters is 1. The van der Waals surface area contributed by atoms with E-state index >= 15 is 0 Å². The van der Waals surface area contributed by atoms with Gasteiger partial charge in [0.05, 0.1) is 32.0 Å². The maximum absolute atomic E-state index is 13.0. The summed E-state index contributed by atoms with van der Waals surface area (Å²) >= 11 is 0. The van der Waals surface area contributed by atoms with Crippen molar-refractivity contribution >= 4 is 5.97 Å². The van der Waals surface area contributed by atoms with Gasteiger partial charge in [-0.1, -0.05) is 99.9 Å². The van der Waals surface area contributed by atoms with Gasteiger partial charge in [-0.3, -0.25) is 0 Å². The van der Waals surface area contributed by atoms with Crippen molar-refractivity contribution in [3.63, 3.8) is 0 Å². The topological polar surface area (TPSA) is 72.5 Å². The molecule has 2 atom stereocenters. The van der Waals surface area contributed by atoms with E-state index in [0.29, 0.717) is 36.9 Å². The van der Waals surface area contributed by atoms with Crippen molar-refractivity contribution in [2.75, 3.05) is 26.4 Å². The third kappa shape index (κ3) is 12.5. The summed E-state index contributed by atoms with van der Waals surface area (Å²) in [5.74, 6) is 1.72. The van der Waals surface area contributed by atoms with Gasteiger partial charge in [-0.25, -0.2) is 4.79 Å². The second-order valence-corrected chi connectivity index (χ2v) is 12.9. The Bertz CT molecular complexity index is 1290. The Balaban J connectivity index is 0.912. The van der Waals surface area contributed by atoms with Crippen LogP contribution in [0.2, 0.25) is 0 Å². The molecule has 0 aromatic heterocycles. The second-order valence-electron chi connectivity index (χ2n) is 12.9. The molecule has 0 spiro atoms. The molecule has 3 aromatic rings. The maximum Gasteiger partial charge on any atom is 0.338 e. The smallest absolute Gasteiger partial charge is 0.338 e. The van der Waals surface area contributed by atoms with Gasteiger partial charge in [0.25, 0.3) is 0 Å². The highest BCUT2D eigenvalue weighted by atomic mass is 16.7. The van der Waals surface area contributed by atoms with Crippen LogP contribution >= 0.6 is 0 Å². The van der Waals surface area contributed by atoms with E-state index in [-0.39, 0.29) is 18.5 Å². The molecule has 48 heavy (non-hydrogen) atoms. The number of rotatable bonds is 20. The van der Waals surface area contributed by atoms with Crippen LogP contribution in [-0.2, 0) is 14.2 Å². The van der Waals surface area contributed by atoms with Gasteiger partial charge in [-0.05, 0) is 62.3 Å². The minimum atomic E-state index is -0.356. The number of unbranched alkanes of at least 4 members (excludes halogenated alkanes) is 9. The summed E-state index contributed by atoms with van der Waals surface area (Å²) in [4.78, 5) is 13.0. The van der Waals surface area contributed by atoms with Gasteiger partial charge >= 0.3 is 5.97 Å². The van der Waals surface area contributed by atoms with Crippen LogP contribution in [0.1, 0.15) is 113 Å². The number of ether oxygens (including phenoxy) is 6. The van der Waals surface area contributed by atoms with Gasteiger partial charge in [0.2, 0.25) is 0 Å². The van der Waals surface area contributed by atoms with Crippen LogP contribution in [0.25, 0.3) is 11.1 Å². The first kappa shape index (κ1) is 35.7. The lowest BCUT2D eigenvalue weighted by Gasteiger charge is -2.25. The standard InChI is InChI=1S/C41H54O7/c42-41(34-30-35(47-39-24-14-18-27-44-39)32-36(31-34)48-40-25-15-19-28-45-40)46-29-17-8-6-4-2-1-3-5-7-16-26-43-38-23-13-12-22-37(38)33-20-10-9-11-21-33/h9-13,20-23,30-32,39-40H,1-8,14-19,24-29H2. The average Bonchev–Trinajstić information content (AvgIpc) is 3.13. The molecule has 2 fully saturated rings. The molecule has 0 radical (unpaired) electrons. The molecule has 0 bridgehead atoms. The highest BCUT2D eigenvalue weighted by Gasteiger charge is 2.20. The number of hydrogen-bond donors (Lipinski definition) is 0. The number of hydrogen-bond acceptors (Lipinski definition) is 7.